The minimum absolute atomic E-state index is 0. The van der Waals surface area contributed by atoms with Gasteiger partial charge in [0.05, 0.1) is 0 Å². The van der Waals surface area contributed by atoms with E-state index in [0.717, 1.165) is 0 Å². The second-order valence-corrected chi connectivity index (χ2v) is 0. The maximum atomic E-state index is 7.50. The van der Waals surface area contributed by atoms with Crippen LogP contribution in [0.1, 0.15) is 0 Å². The molecule has 53 valence electrons. The summed E-state index contributed by atoms with van der Waals surface area (Å²) in [4.78, 5) is 30.0. The maximum absolute atomic E-state index is 7.50. The van der Waals surface area contributed by atoms with Crippen LogP contribution >= 0.6 is 0 Å². The Kier molecular flexibility index (Phi) is 38000. The van der Waals surface area contributed by atoms with Gasteiger partial charge < -0.3 is 0 Å². The quantitative estimate of drug-likeness (QED) is 0.463. The zero-order chi connectivity index (χ0) is 8.00. The van der Waals surface area contributed by atoms with Crippen LogP contribution in [0, 0.1) is 0 Å². The Morgan fingerprint density at radius 1 is 0.500 bits per heavy atom. The molecule has 0 aromatic heterocycles. The molecule has 0 fully saturated rings. The second kappa shape index (κ2) is 7120. The Bertz CT molecular complexity index is 25.2. The van der Waals surface area contributed by atoms with Crippen LogP contribution in [-0.4, -0.2) is 44.8 Å². The molecule has 0 rings (SSSR count). The van der Waals surface area contributed by atoms with Crippen molar-refractivity contribution >= 4 is 44.8 Å². The molecule has 0 saturated carbocycles. The molecule has 0 aliphatic carbocycles. The fourth-order valence-electron chi connectivity index (χ4n) is 0. The molecule has 0 atom stereocenters. The van der Waals surface area contributed by atoms with Crippen molar-refractivity contribution in [3.63, 3.8) is 0 Å². The van der Waals surface area contributed by atoms with Gasteiger partial charge in [-0.05, 0) is 0 Å². The first-order chi connectivity index (χ1) is 4.00. The van der Waals surface area contributed by atoms with Gasteiger partial charge in [-0.25, -0.2) is 0 Å². The zero-order valence-corrected chi connectivity index (χ0v) is 7.61. The molecule has 10 heavy (non-hydrogen) atoms. The Morgan fingerprint density at radius 2 is 0.500 bits per heavy atom. The van der Waals surface area contributed by atoms with Gasteiger partial charge in [-0.2, -0.15) is 0 Å². The topological polar surface area (TPSA) is 68.3 Å². The summed E-state index contributed by atoms with van der Waals surface area (Å²) in [6, 6.07) is 0. The average Bonchev–Trinajstić information content (AvgIpc) is 2.03. The van der Waals surface area contributed by atoms with Crippen molar-refractivity contribution in [3.8, 4) is 0 Å². The van der Waals surface area contributed by atoms with Crippen molar-refractivity contribution in [3.05, 3.63) is 0 Å². The molecular formula is C4CoGeO4. The molecule has 0 heterocycles. The van der Waals surface area contributed by atoms with E-state index in [4.69, 9.17) is 19.2 Å². The van der Waals surface area contributed by atoms with Crippen LogP contribution in [0.3, 0.4) is 0 Å². The SMILES string of the molecule is [C]=O.[C]=O.[C]=O.[C]=O.[Co].[Ge]. The summed E-state index contributed by atoms with van der Waals surface area (Å²) in [5.74, 6) is 0. The first-order valence-corrected chi connectivity index (χ1v) is 0.816. The number of rotatable bonds is 0. The van der Waals surface area contributed by atoms with Gasteiger partial charge in [-0.15, -0.1) is 0 Å². The largest absolute Gasteiger partial charge is 0.281 e. The molecule has 0 N–H and O–H groups in total. The monoisotopic (exact) mass is 245 g/mol. The molecule has 4 nitrogen and oxygen atoms in total. The standard InChI is InChI=1S/4CO.Co.Ge/c4*1-2;;. The first-order valence-electron chi connectivity index (χ1n) is 0.816. The van der Waals surface area contributed by atoms with Gasteiger partial charge in [-0.1, -0.05) is 0 Å². The number of hydrogen-bond donors (Lipinski definition) is 0. The van der Waals surface area contributed by atoms with Crippen LogP contribution in [0.25, 0.3) is 0 Å². The molecule has 0 aliphatic rings. The second-order valence-electron chi connectivity index (χ2n) is 0. The fourth-order valence-corrected chi connectivity index (χ4v) is 0. The van der Waals surface area contributed by atoms with Gasteiger partial charge in [0.2, 0.25) is 0 Å². The third kappa shape index (κ3) is 4780. The molecule has 0 aliphatic heterocycles. The smallest absolute Gasteiger partial charge is 0.281 e. The molecule has 0 saturated heterocycles. The fraction of sp³-hybridized carbons (Fsp3) is 0. The predicted molar refractivity (Wildman–Crippen MR) is 28.5 cm³/mol. The minimum Gasteiger partial charge on any atom is -0.281 e. The van der Waals surface area contributed by atoms with Crippen molar-refractivity contribution < 1.29 is 36.0 Å². The molecule has 0 amide bonds. The summed E-state index contributed by atoms with van der Waals surface area (Å²) >= 11 is 0. The zero-order valence-electron chi connectivity index (χ0n) is 4.47. The van der Waals surface area contributed by atoms with Crippen molar-refractivity contribution in [2.45, 2.75) is 0 Å². The van der Waals surface area contributed by atoms with E-state index in [0.29, 0.717) is 0 Å². The van der Waals surface area contributed by atoms with Gasteiger partial charge in [0.1, 0.15) is 0 Å². The van der Waals surface area contributed by atoms with E-state index < -0.39 is 0 Å². The minimum atomic E-state index is 0. The Balaban J connectivity index is -0.00000000500. The summed E-state index contributed by atoms with van der Waals surface area (Å²) in [5, 5.41) is 0. The van der Waals surface area contributed by atoms with E-state index in [1.165, 1.54) is 0 Å². The van der Waals surface area contributed by atoms with Gasteiger partial charge in [0.15, 0.2) is 0 Å². The molecule has 0 spiro atoms. The van der Waals surface area contributed by atoms with Crippen molar-refractivity contribution in [1.82, 2.24) is 0 Å². The molecule has 13 radical (unpaired) electrons. The van der Waals surface area contributed by atoms with Crippen LogP contribution in [0.2, 0.25) is 0 Å². The molecule has 6 heteroatoms. The first kappa shape index (κ1) is 53.3. The van der Waals surface area contributed by atoms with E-state index in [1.807, 2.05) is 0 Å². The van der Waals surface area contributed by atoms with Gasteiger partial charge >= 0.3 is 0 Å². The van der Waals surface area contributed by atoms with E-state index in [9.17, 15) is 0 Å². The van der Waals surface area contributed by atoms with E-state index in [-0.39, 0.29) is 34.4 Å². The summed E-state index contributed by atoms with van der Waals surface area (Å²) < 4.78 is 0. The van der Waals surface area contributed by atoms with Crippen LogP contribution in [-0.2, 0) is 36.0 Å². The Morgan fingerprint density at radius 3 is 0.500 bits per heavy atom. The Labute approximate surface area is 80.9 Å². The van der Waals surface area contributed by atoms with Crippen LogP contribution in [0.4, 0.5) is 0 Å². The molecule has 0 aromatic rings. The van der Waals surface area contributed by atoms with Crippen molar-refractivity contribution in [2.75, 3.05) is 0 Å². The van der Waals surface area contributed by atoms with Gasteiger partial charge in [0, 0.05) is 34.4 Å². The normalized spacial score (nSPS) is 1.60. The van der Waals surface area contributed by atoms with E-state index in [1.54, 1.807) is 0 Å². The number of hydrogen-bond acceptors (Lipinski definition) is 4. The maximum Gasteiger partial charge on any atom is 0.281 e. The number of carbonyl (C=O) groups excluding carboxylic acids is 4. The van der Waals surface area contributed by atoms with Crippen LogP contribution in [0.15, 0.2) is 0 Å². The summed E-state index contributed by atoms with van der Waals surface area (Å²) in [5.41, 5.74) is 0. The third-order valence-corrected chi connectivity index (χ3v) is 0. The van der Waals surface area contributed by atoms with E-state index >= 15 is 0 Å². The Hall–Kier alpha value is -0.271. The average molecular weight is 244 g/mol. The third-order valence-electron chi connectivity index (χ3n) is 0. The van der Waals surface area contributed by atoms with Crippen LogP contribution in [0.5, 0.6) is 0 Å². The molecule has 0 aromatic carbocycles. The van der Waals surface area contributed by atoms with E-state index in [2.05, 4.69) is 27.2 Å². The summed E-state index contributed by atoms with van der Waals surface area (Å²) in [6.07, 6.45) is 0. The summed E-state index contributed by atoms with van der Waals surface area (Å²) in [7, 11) is 0. The molecule has 0 unspecified atom stereocenters. The van der Waals surface area contributed by atoms with Crippen LogP contribution < -0.4 is 0 Å². The predicted octanol–water partition coefficient (Wildman–Crippen LogP) is -1.97. The molecular weight excluding hydrogens is 244 g/mol. The summed E-state index contributed by atoms with van der Waals surface area (Å²) in [6.45, 7) is 18.0. The molecule has 0 bridgehead atoms. The van der Waals surface area contributed by atoms with Gasteiger partial charge in [0.25, 0.3) is 27.2 Å². The van der Waals surface area contributed by atoms with Crippen molar-refractivity contribution in [2.24, 2.45) is 0 Å². The van der Waals surface area contributed by atoms with Crippen molar-refractivity contribution in [1.29, 1.82) is 0 Å². The van der Waals surface area contributed by atoms with Gasteiger partial charge in [-0.3, -0.25) is 19.2 Å².